The average molecular weight is 214 g/mol. The minimum Gasteiger partial charge on any atom is -0.505 e. The van der Waals surface area contributed by atoms with Crippen LogP contribution in [0.25, 0.3) is 0 Å². The molecule has 0 fully saturated rings. The topological polar surface area (TPSA) is 94.2 Å². The van der Waals surface area contributed by atoms with Crippen LogP contribution in [0.1, 0.15) is 28.0 Å². The predicted molar refractivity (Wildman–Crippen MR) is 42.5 cm³/mol. The van der Waals surface area contributed by atoms with Crippen LogP contribution in [0, 0.1) is 11.3 Å². The summed E-state index contributed by atoms with van der Waals surface area (Å²) in [6.07, 6.45) is -2.54. The predicted octanol–water partition coefficient (Wildman–Crippen LogP) is 1.29. The Balaban J connectivity index is 3.60. The molecule has 1 aromatic heterocycles. The number of nitriles is 1. The van der Waals surface area contributed by atoms with Crippen LogP contribution in [0.3, 0.4) is 0 Å². The molecule has 0 radical (unpaired) electrons. The quantitative estimate of drug-likeness (QED) is 0.773. The number of aromatic hydroxyl groups is 1. The van der Waals surface area contributed by atoms with Gasteiger partial charge in [0.05, 0.1) is 11.8 Å². The molecular formula is C8H4F2N2O3. The number of carbonyl (C=O) groups is 1. The average Bonchev–Trinajstić information content (AvgIpc) is 2.16. The summed E-state index contributed by atoms with van der Waals surface area (Å²) in [5.74, 6) is -2.63. The number of hydrogen-bond acceptors (Lipinski definition) is 4. The van der Waals surface area contributed by atoms with Gasteiger partial charge in [-0.2, -0.15) is 5.26 Å². The number of aromatic nitrogens is 1. The van der Waals surface area contributed by atoms with Gasteiger partial charge < -0.3 is 10.2 Å². The molecule has 0 unspecified atom stereocenters. The van der Waals surface area contributed by atoms with Crippen LogP contribution in [-0.4, -0.2) is 21.2 Å². The molecule has 7 heteroatoms. The van der Waals surface area contributed by atoms with Crippen molar-refractivity contribution in [3.05, 3.63) is 23.0 Å². The van der Waals surface area contributed by atoms with E-state index in [-0.39, 0.29) is 0 Å². The number of aromatic carboxylic acids is 1. The highest BCUT2D eigenvalue weighted by atomic mass is 19.3. The molecule has 15 heavy (non-hydrogen) atoms. The second kappa shape index (κ2) is 3.88. The number of nitrogens with zero attached hydrogens (tertiary/aromatic N) is 2. The minimum absolute atomic E-state index is 0.647. The highest BCUT2D eigenvalue weighted by Gasteiger charge is 2.26. The van der Waals surface area contributed by atoms with Crippen molar-refractivity contribution in [2.75, 3.05) is 0 Å². The van der Waals surface area contributed by atoms with Crippen molar-refractivity contribution in [1.82, 2.24) is 4.98 Å². The monoisotopic (exact) mass is 214 g/mol. The molecule has 0 aliphatic carbocycles. The van der Waals surface area contributed by atoms with Crippen molar-refractivity contribution in [3.63, 3.8) is 0 Å². The van der Waals surface area contributed by atoms with E-state index < -0.39 is 35.0 Å². The van der Waals surface area contributed by atoms with Gasteiger partial charge in [0.2, 0.25) is 0 Å². The number of hydrogen-bond donors (Lipinski definition) is 2. The van der Waals surface area contributed by atoms with Crippen LogP contribution in [0.5, 0.6) is 5.75 Å². The molecule has 0 bridgehead atoms. The van der Waals surface area contributed by atoms with Crippen molar-refractivity contribution >= 4 is 5.97 Å². The molecule has 0 saturated heterocycles. The SMILES string of the molecule is N#Cc1ncc(O)c(C(=O)O)c1C(F)F. The Kier molecular flexibility index (Phi) is 2.80. The molecule has 0 aliphatic heterocycles. The normalized spacial score (nSPS) is 10.0. The first kappa shape index (κ1) is 10.8. The van der Waals surface area contributed by atoms with Crippen LogP contribution in [0.15, 0.2) is 6.20 Å². The van der Waals surface area contributed by atoms with Crippen molar-refractivity contribution in [1.29, 1.82) is 5.26 Å². The summed E-state index contributed by atoms with van der Waals surface area (Å²) in [6.45, 7) is 0. The molecular weight excluding hydrogens is 210 g/mol. The lowest BCUT2D eigenvalue weighted by molar-refractivity contribution is 0.0680. The number of rotatable bonds is 2. The fourth-order valence-corrected chi connectivity index (χ4v) is 1.04. The maximum absolute atomic E-state index is 12.4. The molecule has 2 N–H and O–H groups in total. The Bertz CT molecular complexity index is 454. The highest BCUT2D eigenvalue weighted by molar-refractivity contribution is 5.93. The first-order chi connectivity index (χ1) is 6.99. The third-order valence-corrected chi connectivity index (χ3v) is 1.63. The van der Waals surface area contributed by atoms with Gasteiger partial charge in [-0.1, -0.05) is 0 Å². The van der Waals surface area contributed by atoms with Gasteiger partial charge in [0.15, 0.2) is 0 Å². The Morgan fingerprint density at radius 3 is 2.60 bits per heavy atom. The molecule has 0 amide bonds. The van der Waals surface area contributed by atoms with Crippen LogP contribution in [0.4, 0.5) is 8.78 Å². The van der Waals surface area contributed by atoms with E-state index in [1.54, 1.807) is 0 Å². The second-order valence-electron chi connectivity index (χ2n) is 2.50. The lowest BCUT2D eigenvalue weighted by atomic mass is 10.1. The smallest absolute Gasteiger partial charge is 0.340 e. The number of halogens is 2. The molecule has 1 rings (SSSR count). The number of pyridine rings is 1. The molecule has 1 heterocycles. The van der Waals surface area contributed by atoms with Gasteiger partial charge in [0, 0.05) is 0 Å². The lowest BCUT2D eigenvalue weighted by Gasteiger charge is -2.07. The van der Waals surface area contributed by atoms with E-state index in [4.69, 9.17) is 15.5 Å². The third kappa shape index (κ3) is 1.83. The van der Waals surface area contributed by atoms with Crippen LogP contribution in [0.2, 0.25) is 0 Å². The van der Waals surface area contributed by atoms with E-state index >= 15 is 0 Å². The maximum atomic E-state index is 12.4. The Morgan fingerprint density at radius 2 is 2.20 bits per heavy atom. The van der Waals surface area contributed by atoms with Gasteiger partial charge >= 0.3 is 5.97 Å². The van der Waals surface area contributed by atoms with E-state index in [0.29, 0.717) is 6.20 Å². The minimum atomic E-state index is -3.19. The first-order valence-corrected chi connectivity index (χ1v) is 3.62. The Labute approximate surface area is 82.2 Å². The van der Waals surface area contributed by atoms with Gasteiger partial charge in [-0.3, -0.25) is 0 Å². The molecule has 0 aromatic carbocycles. The van der Waals surface area contributed by atoms with Gasteiger partial charge in [0.1, 0.15) is 23.1 Å². The van der Waals surface area contributed by atoms with Crippen molar-refractivity contribution in [3.8, 4) is 11.8 Å². The molecule has 0 spiro atoms. The van der Waals surface area contributed by atoms with Gasteiger partial charge in [-0.25, -0.2) is 18.6 Å². The summed E-state index contributed by atoms with van der Waals surface area (Å²) in [5, 5.41) is 26.1. The van der Waals surface area contributed by atoms with E-state index in [1.165, 1.54) is 6.07 Å². The molecule has 78 valence electrons. The van der Waals surface area contributed by atoms with Crippen LogP contribution in [-0.2, 0) is 0 Å². The fourth-order valence-electron chi connectivity index (χ4n) is 1.04. The summed E-state index contributed by atoms with van der Waals surface area (Å²) in [7, 11) is 0. The Hall–Kier alpha value is -2.23. The third-order valence-electron chi connectivity index (χ3n) is 1.63. The molecule has 1 aromatic rings. The summed E-state index contributed by atoms with van der Waals surface area (Å²) in [4.78, 5) is 13.8. The van der Waals surface area contributed by atoms with Crippen LogP contribution >= 0.6 is 0 Å². The molecule has 0 atom stereocenters. The second-order valence-corrected chi connectivity index (χ2v) is 2.50. The fraction of sp³-hybridized carbons (Fsp3) is 0.125. The summed E-state index contributed by atoms with van der Waals surface area (Å²) in [5.41, 5.74) is -2.76. The highest BCUT2D eigenvalue weighted by Crippen LogP contribution is 2.30. The Morgan fingerprint density at radius 1 is 1.60 bits per heavy atom. The molecule has 5 nitrogen and oxygen atoms in total. The zero-order valence-electron chi connectivity index (χ0n) is 7.11. The van der Waals surface area contributed by atoms with Crippen molar-refractivity contribution in [2.45, 2.75) is 6.43 Å². The number of carboxylic acid groups (broad SMARTS) is 1. The molecule has 0 saturated carbocycles. The van der Waals surface area contributed by atoms with Crippen molar-refractivity contribution < 1.29 is 23.8 Å². The van der Waals surface area contributed by atoms with E-state index in [1.807, 2.05) is 0 Å². The van der Waals surface area contributed by atoms with Gasteiger partial charge in [0.25, 0.3) is 6.43 Å². The van der Waals surface area contributed by atoms with E-state index in [2.05, 4.69) is 4.98 Å². The van der Waals surface area contributed by atoms with Crippen molar-refractivity contribution in [2.24, 2.45) is 0 Å². The van der Waals surface area contributed by atoms with Gasteiger partial charge in [-0.15, -0.1) is 0 Å². The van der Waals surface area contributed by atoms with E-state index in [0.717, 1.165) is 0 Å². The zero-order chi connectivity index (χ0) is 11.6. The lowest BCUT2D eigenvalue weighted by Crippen LogP contribution is -2.07. The summed E-state index contributed by atoms with van der Waals surface area (Å²) in [6, 6.07) is 1.33. The largest absolute Gasteiger partial charge is 0.505 e. The number of carboxylic acids is 1. The first-order valence-electron chi connectivity index (χ1n) is 3.62. The van der Waals surface area contributed by atoms with E-state index in [9.17, 15) is 13.6 Å². The maximum Gasteiger partial charge on any atom is 0.340 e. The van der Waals surface area contributed by atoms with Crippen LogP contribution < -0.4 is 0 Å². The zero-order valence-corrected chi connectivity index (χ0v) is 7.11. The molecule has 0 aliphatic rings. The number of alkyl halides is 2. The standard InChI is InChI=1S/C8H4F2N2O3/c9-7(10)5-3(1-11)12-2-4(13)6(5)8(14)15/h2,7,13H,(H,14,15). The van der Waals surface area contributed by atoms with Gasteiger partial charge in [-0.05, 0) is 0 Å². The summed E-state index contributed by atoms with van der Waals surface area (Å²) >= 11 is 0. The summed E-state index contributed by atoms with van der Waals surface area (Å²) < 4.78 is 24.9.